The van der Waals surface area contributed by atoms with Crippen LogP contribution in [0.3, 0.4) is 0 Å². The second-order valence-corrected chi connectivity index (χ2v) is 8.56. The molecule has 0 radical (unpaired) electrons. The van der Waals surface area contributed by atoms with Crippen molar-refractivity contribution in [3.8, 4) is 5.69 Å². The molecule has 5 rings (SSSR count). The summed E-state index contributed by atoms with van der Waals surface area (Å²) in [5, 5.41) is 5.97. The van der Waals surface area contributed by atoms with Crippen LogP contribution in [0.5, 0.6) is 0 Å². The van der Waals surface area contributed by atoms with E-state index in [4.69, 9.17) is 11.6 Å². The molecule has 9 heteroatoms. The zero-order valence-electron chi connectivity index (χ0n) is 18.5. The molecule has 1 aliphatic rings. The van der Waals surface area contributed by atoms with E-state index in [-0.39, 0.29) is 24.5 Å². The molecule has 1 saturated heterocycles. The van der Waals surface area contributed by atoms with Gasteiger partial charge in [0.05, 0.1) is 17.3 Å². The van der Waals surface area contributed by atoms with Crippen molar-refractivity contribution in [3.05, 3.63) is 77.7 Å². The van der Waals surface area contributed by atoms with Crippen LogP contribution in [-0.4, -0.2) is 62.5 Å². The first-order chi connectivity index (χ1) is 16.6. The summed E-state index contributed by atoms with van der Waals surface area (Å²) < 4.78 is 1.75. The molecular formula is C25H23ClN6O2. The normalized spacial score (nSPS) is 13.9. The molecule has 0 spiro atoms. The predicted octanol–water partition coefficient (Wildman–Crippen LogP) is 3.78. The van der Waals surface area contributed by atoms with Gasteiger partial charge in [-0.15, -0.1) is 0 Å². The molecule has 2 aromatic carbocycles. The van der Waals surface area contributed by atoms with Crippen molar-refractivity contribution < 1.29 is 9.59 Å². The van der Waals surface area contributed by atoms with Gasteiger partial charge in [-0.3, -0.25) is 9.59 Å². The van der Waals surface area contributed by atoms with Crippen LogP contribution in [0.4, 0.5) is 5.82 Å². The van der Waals surface area contributed by atoms with E-state index in [1.807, 2.05) is 47.4 Å². The van der Waals surface area contributed by atoms with Gasteiger partial charge in [0.1, 0.15) is 12.1 Å². The van der Waals surface area contributed by atoms with Crippen molar-refractivity contribution in [2.24, 2.45) is 0 Å². The van der Waals surface area contributed by atoms with Gasteiger partial charge >= 0.3 is 0 Å². The Labute approximate surface area is 201 Å². The molecule has 0 aliphatic carbocycles. The first-order valence-corrected chi connectivity index (χ1v) is 11.5. The van der Waals surface area contributed by atoms with Crippen molar-refractivity contribution in [2.75, 3.05) is 31.1 Å². The van der Waals surface area contributed by atoms with Gasteiger partial charge in [-0.05, 0) is 18.2 Å². The smallest absolute Gasteiger partial charge is 0.223 e. The number of ketones is 1. The van der Waals surface area contributed by atoms with Gasteiger partial charge in [0.15, 0.2) is 11.4 Å². The highest BCUT2D eigenvalue weighted by Crippen LogP contribution is 2.26. The van der Waals surface area contributed by atoms with E-state index < -0.39 is 0 Å². The monoisotopic (exact) mass is 474 g/mol. The van der Waals surface area contributed by atoms with Crippen molar-refractivity contribution in [2.45, 2.75) is 12.8 Å². The Morgan fingerprint density at radius 3 is 2.47 bits per heavy atom. The first kappa shape index (κ1) is 22.0. The zero-order valence-corrected chi connectivity index (χ0v) is 19.2. The molecule has 34 heavy (non-hydrogen) atoms. The molecule has 0 bridgehead atoms. The average Bonchev–Trinajstić information content (AvgIpc) is 3.32. The minimum atomic E-state index is -0.00678. The summed E-state index contributed by atoms with van der Waals surface area (Å²) in [6, 6.07) is 16.5. The van der Waals surface area contributed by atoms with Crippen LogP contribution in [-0.2, 0) is 4.79 Å². The van der Waals surface area contributed by atoms with Crippen LogP contribution in [0.2, 0.25) is 5.02 Å². The van der Waals surface area contributed by atoms with Crippen LogP contribution < -0.4 is 4.90 Å². The molecule has 172 valence electrons. The van der Waals surface area contributed by atoms with Gasteiger partial charge < -0.3 is 9.80 Å². The fraction of sp³-hybridized carbons (Fsp3) is 0.240. The van der Waals surface area contributed by atoms with Gasteiger partial charge in [-0.2, -0.15) is 5.10 Å². The lowest BCUT2D eigenvalue weighted by molar-refractivity contribution is -0.131. The van der Waals surface area contributed by atoms with Crippen LogP contribution in [0.1, 0.15) is 23.2 Å². The molecule has 0 N–H and O–H groups in total. The summed E-state index contributed by atoms with van der Waals surface area (Å²) in [7, 11) is 0. The molecule has 1 fully saturated rings. The number of aromatic nitrogens is 4. The fourth-order valence-corrected chi connectivity index (χ4v) is 4.38. The standard InChI is InChI=1S/C25H23ClN6O2/c26-19-7-4-8-20(15-19)32-25-21(16-29-32)24(27-17-28-25)31-13-11-30(12-14-31)23(34)10-9-22(33)18-5-2-1-3-6-18/h1-8,15-17H,9-14H2. The van der Waals surface area contributed by atoms with Crippen molar-refractivity contribution in [1.29, 1.82) is 0 Å². The second-order valence-electron chi connectivity index (χ2n) is 8.13. The van der Waals surface area contributed by atoms with Crippen molar-refractivity contribution in [3.63, 3.8) is 0 Å². The van der Waals surface area contributed by atoms with Crippen LogP contribution in [0.15, 0.2) is 67.1 Å². The van der Waals surface area contributed by atoms with Crippen LogP contribution in [0.25, 0.3) is 16.7 Å². The van der Waals surface area contributed by atoms with Crippen LogP contribution >= 0.6 is 11.6 Å². The fourth-order valence-electron chi connectivity index (χ4n) is 4.20. The number of piperazine rings is 1. The summed E-state index contributed by atoms with van der Waals surface area (Å²) in [4.78, 5) is 37.9. The Bertz CT molecular complexity index is 1330. The molecular weight excluding hydrogens is 452 g/mol. The SMILES string of the molecule is O=C(CCC(=O)N1CCN(c2ncnc3c2cnn3-c2cccc(Cl)c2)CC1)c1ccccc1. The molecule has 0 unspecified atom stereocenters. The molecule has 1 aliphatic heterocycles. The highest BCUT2D eigenvalue weighted by Gasteiger charge is 2.24. The van der Waals surface area contributed by atoms with Crippen molar-refractivity contribution in [1.82, 2.24) is 24.6 Å². The van der Waals surface area contributed by atoms with E-state index in [0.717, 1.165) is 16.9 Å². The summed E-state index contributed by atoms with van der Waals surface area (Å²) in [6.45, 7) is 2.44. The number of nitrogens with zero attached hydrogens (tertiary/aromatic N) is 6. The third-order valence-corrected chi connectivity index (χ3v) is 6.23. The van der Waals surface area contributed by atoms with E-state index in [1.54, 1.807) is 23.0 Å². The number of anilines is 1. The molecule has 2 aromatic heterocycles. The summed E-state index contributed by atoms with van der Waals surface area (Å²) in [6.07, 6.45) is 3.74. The first-order valence-electron chi connectivity index (χ1n) is 11.2. The van der Waals surface area contributed by atoms with Gasteiger partial charge in [0.25, 0.3) is 0 Å². The van der Waals surface area contributed by atoms with Crippen molar-refractivity contribution >= 4 is 40.1 Å². The van der Waals surface area contributed by atoms with Gasteiger partial charge in [0.2, 0.25) is 5.91 Å². The highest BCUT2D eigenvalue weighted by atomic mass is 35.5. The summed E-state index contributed by atoms with van der Waals surface area (Å²) >= 11 is 6.14. The molecule has 3 heterocycles. The average molecular weight is 475 g/mol. The third kappa shape index (κ3) is 4.49. The summed E-state index contributed by atoms with van der Waals surface area (Å²) in [5.74, 6) is 0.794. The Kier molecular flexibility index (Phi) is 6.22. The maximum Gasteiger partial charge on any atom is 0.223 e. The zero-order chi connectivity index (χ0) is 23.5. The lowest BCUT2D eigenvalue weighted by Gasteiger charge is -2.35. The Hall–Kier alpha value is -3.78. The summed E-state index contributed by atoms with van der Waals surface area (Å²) in [5.41, 5.74) is 2.17. The minimum absolute atomic E-state index is 0.00513. The minimum Gasteiger partial charge on any atom is -0.352 e. The number of hydrogen-bond donors (Lipinski definition) is 0. The maximum atomic E-state index is 12.7. The number of carbonyl (C=O) groups is 2. The lowest BCUT2D eigenvalue weighted by Crippen LogP contribution is -2.49. The number of halogens is 1. The largest absolute Gasteiger partial charge is 0.352 e. The molecule has 4 aromatic rings. The molecule has 0 saturated carbocycles. The highest BCUT2D eigenvalue weighted by molar-refractivity contribution is 6.30. The maximum absolute atomic E-state index is 12.7. The number of Topliss-reactive ketones (excluding diaryl/α,β-unsaturated/α-hetero) is 1. The van der Waals surface area contributed by atoms with Gasteiger partial charge in [-0.25, -0.2) is 14.6 Å². The number of fused-ring (bicyclic) bond motifs is 1. The Balaban J connectivity index is 1.24. The van der Waals surface area contributed by atoms with Gasteiger partial charge in [0, 0.05) is 49.6 Å². The van der Waals surface area contributed by atoms with E-state index >= 15 is 0 Å². The van der Waals surface area contributed by atoms with E-state index in [2.05, 4.69) is 20.0 Å². The number of carbonyl (C=O) groups excluding carboxylic acids is 2. The Morgan fingerprint density at radius 1 is 0.912 bits per heavy atom. The predicted molar refractivity (Wildman–Crippen MR) is 130 cm³/mol. The van der Waals surface area contributed by atoms with Crippen LogP contribution in [0, 0.1) is 0 Å². The lowest BCUT2D eigenvalue weighted by atomic mass is 10.1. The second kappa shape index (κ2) is 9.61. The molecule has 8 nitrogen and oxygen atoms in total. The number of hydrogen-bond acceptors (Lipinski definition) is 6. The topological polar surface area (TPSA) is 84.2 Å². The van der Waals surface area contributed by atoms with E-state index in [9.17, 15) is 9.59 Å². The number of amides is 1. The Morgan fingerprint density at radius 2 is 1.71 bits per heavy atom. The number of benzene rings is 2. The van der Waals surface area contributed by atoms with E-state index in [0.29, 0.717) is 42.4 Å². The third-order valence-electron chi connectivity index (χ3n) is 5.99. The quantitative estimate of drug-likeness (QED) is 0.395. The van der Waals surface area contributed by atoms with E-state index in [1.165, 1.54) is 6.33 Å². The molecule has 1 amide bonds. The van der Waals surface area contributed by atoms with Gasteiger partial charge in [-0.1, -0.05) is 48.0 Å². The number of rotatable bonds is 6. The molecule has 0 atom stereocenters.